The Hall–Kier alpha value is -2.73. The van der Waals surface area contributed by atoms with Crippen molar-refractivity contribution >= 4 is 35.2 Å². The Labute approximate surface area is 153 Å². The van der Waals surface area contributed by atoms with E-state index in [2.05, 4.69) is 46.6 Å². The molecule has 2 rings (SSSR count). The van der Waals surface area contributed by atoms with Crippen molar-refractivity contribution in [1.82, 2.24) is 5.43 Å². The van der Waals surface area contributed by atoms with Crippen molar-refractivity contribution in [1.29, 1.82) is 0 Å². The molecule has 0 heterocycles. The number of benzene rings is 2. The fourth-order valence-corrected chi connectivity index (χ4v) is 2.27. The molecule has 0 radical (unpaired) electrons. The van der Waals surface area contributed by atoms with Gasteiger partial charge in [-0.15, -0.1) is 0 Å². The largest absolute Gasteiger partial charge is 0.465 e. The molecule has 0 saturated carbocycles. The van der Waals surface area contributed by atoms with Crippen molar-refractivity contribution in [3.63, 3.8) is 0 Å². The van der Waals surface area contributed by atoms with E-state index in [4.69, 9.17) is 12.2 Å². The summed E-state index contributed by atoms with van der Waals surface area (Å²) < 4.78 is 4.66. The molecular formula is C19H21N3O2S. The first-order chi connectivity index (χ1) is 12.0. The minimum atomic E-state index is -0.365. The second-order valence-corrected chi connectivity index (χ2v) is 6.12. The zero-order chi connectivity index (χ0) is 18.2. The molecule has 0 unspecified atom stereocenters. The van der Waals surface area contributed by atoms with Crippen molar-refractivity contribution < 1.29 is 9.53 Å². The molecule has 0 aliphatic rings. The number of anilines is 1. The van der Waals surface area contributed by atoms with E-state index in [0.29, 0.717) is 16.6 Å². The highest BCUT2D eigenvalue weighted by Gasteiger charge is 2.03. The maximum Gasteiger partial charge on any atom is 0.337 e. The second kappa shape index (κ2) is 8.94. The first-order valence-corrected chi connectivity index (χ1v) is 8.29. The number of thiocarbonyl (C=S) groups is 1. The van der Waals surface area contributed by atoms with Crippen LogP contribution < -0.4 is 10.7 Å². The van der Waals surface area contributed by atoms with Crippen molar-refractivity contribution in [2.75, 3.05) is 12.4 Å². The number of rotatable bonds is 5. The molecule has 2 aromatic carbocycles. The van der Waals surface area contributed by atoms with Crippen LogP contribution in [-0.2, 0) is 4.74 Å². The predicted octanol–water partition coefficient (Wildman–Crippen LogP) is 3.92. The van der Waals surface area contributed by atoms with Gasteiger partial charge in [-0.05, 0) is 53.5 Å². The van der Waals surface area contributed by atoms with Gasteiger partial charge in [0, 0.05) is 5.69 Å². The number of hydrazone groups is 1. The van der Waals surface area contributed by atoms with Gasteiger partial charge in [0.1, 0.15) is 0 Å². The molecule has 0 aliphatic carbocycles. The molecular weight excluding hydrogens is 334 g/mol. The van der Waals surface area contributed by atoms with Crippen LogP contribution in [0.2, 0.25) is 0 Å². The van der Waals surface area contributed by atoms with Gasteiger partial charge in [0.2, 0.25) is 0 Å². The van der Waals surface area contributed by atoms with Crippen molar-refractivity contribution in [3.05, 3.63) is 65.2 Å². The highest BCUT2D eigenvalue weighted by Crippen LogP contribution is 2.16. The maximum absolute atomic E-state index is 11.4. The van der Waals surface area contributed by atoms with Crippen molar-refractivity contribution in [2.24, 2.45) is 5.10 Å². The Kier molecular flexibility index (Phi) is 6.65. The van der Waals surface area contributed by atoms with Gasteiger partial charge in [-0.1, -0.05) is 38.1 Å². The monoisotopic (exact) mass is 355 g/mol. The van der Waals surface area contributed by atoms with E-state index in [1.54, 1.807) is 30.5 Å². The molecule has 5 nitrogen and oxygen atoms in total. The Morgan fingerprint density at radius 1 is 1.12 bits per heavy atom. The smallest absolute Gasteiger partial charge is 0.337 e. The van der Waals surface area contributed by atoms with Crippen LogP contribution in [-0.4, -0.2) is 24.4 Å². The fourth-order valence-electron chi connectivity index (χ4n) is 2.10. The number of esters is 1. The summed E-state index contributed by atoms with van der Waals surface area (Å²) in [7, 11) is 1.35. The first kappa shape index (κ1) is 18.6. The highest BCUT2D eigenvalue weighted by atomic mass is 32.1. The Morgan fingerprint density at radius 2 is 1.76 bits per heavy atom. The molecule has 0 fully saturated rings. The lowest BCUT2D eigenvalue weighted by Crippen LogP contribution is -2.23. The summed E-state index contributed by atoms with van der Waals surface area (Å²) in [6, 6.07) is 15.0. The lowest BCUT2D eigenvalue weighted by molar-refractivity contribution is 0.0600. The van der Waals surface area contributed by atoms with Crippen LogP contribution in [0.4, 0.5) is 5.69 Å². The number of hydrogen-bond acceptors (Lipinski definition) is 4. The third-order valence-electron chi connectivity index (χ3n) is 3.55. The summed E-state index contributed by atoms with van der Waals surface area (Å²) in [5.74, 6) is 0.129. The molecule has 130 valence electrons. The quantitative estimate of drug-likeness (QED) is 0.368. The van der Waals surface area contributed by atoms with E-state index in [-0.39, 0.29) is 5.97 Å². The molecule has 0 spiro atoms. The maximum atomic E-state index is 11.4. The number of nitrogens with zero attached hydrogens (tertiary/aromatic N) is 1. The first-order valence-electron chi connectivity index (χ1n) is 7.88. The van der Waals surface area contributed by atoms with E-state index < -0.39 is 0 Å². The third-order valence-corrected chi connectivity index (χ3v) is 3.74. The minimum absolute atomic E-state index is 0.365. The van der Waals surface area contributed by atoms with E-state index in [0.717, 1.165) is 11.3 Å². The van der Waals surface area contributed by atoms with Gasteiger partial charge in [0.05, 0.1) is 18.9 Å². The minimum Gasteiger partial charge on any atom is -0.465 e. The predicted molar refractivity (Wildman–Crippen MR) is 105 cm³/mol. The summed E-state index contributed by atoms with van der Waals surface area (Å²) in [5, 5.41) is 7.56. The van der Waals surface area contributed by atoms with E-state index in [1.165, 1.54) is 12.7 Å². The zero-order valence-electron chi connectivity index (χ0n) is 14.4. The van der Waals surface area contributed by atoms with Crippen LogP contribution in [0.25, 0.3) is 0 Å². The lowest BCUT2D eigenvalue weighted by atomic mass is 10.0. The van der Waals surface area contributed by atoms with Gasteiger partial charge in [-0.3, -0.25) is 5.43 Å². The normalized spacial score (nSPS) is 10.7. The summed E-state index contributed by atoms with van der Waals surface area (Å²) in [6.45, 7) is 4.31. The molecule has 6 heteroatoms. The molecule has 0 aromatic heterocycles. The third kappa shape index (κ3) is 5.69. The molecule has 2 N–H and O–H groups in total. The van der Waals surface area contributed by atoms with Crippen LogP contribution in [0, 0.1) is 0 Å². The van der Waals surface area contributed by atoms with E-state index in [1.807, 2.05) is 12.1 Å². The van der Waals surface area contributed by atoms with Crippen LogP contribution in [0.3, 0.4) is 0 Å². The van der Waals surface area contributed by atoms with Gasteiger partial charge in [0.15, 0.2) is 5.11 Å². The van der Waals surface area contributed by atoms with Gasteiger partial charge >= 0.3 is 5.97 Å². The summed E-state index contributed by atoms with van der Waals surface area (Å²) in [6.07, 6.45) is 1.62. The summed E-state index contributed by atoms with van der Waals surface area (Å²) >= 11 is 5.21. The summed E-state index contributed by atoms with van der Waals surface area (Å²) in [4.78, 5) is 11.4. The molecule has 0 aliphatic heterocycles. The molecule has 0 atom stereocenters. The Morgan fingerprint density at radius 3 is 2.32 bits per heavy atom. The fraction of sp³-hybridized carbons (Fsp3) is 0.211. The number of carbonyl (C=O) groups is 1. The zero-order valence-corrected chi connectivity index (χ0v) is 15.3. The average molecular weight is 355 g/mol. The standard InChI is InChI=1S/C19H21N3O2S/c1-13(2)15-8-10-17(11-9-15)21-19(25)22-20-12-14-4-6-16(7-5-14)18(23)24-3/h4-13H,1-3H3,(H2,21,22,25). The number of nitrogens with one attached hydrogen (secondary N) is 2. The second-order valence-electron chi connectivity index (χ2n) is 5.71. The molecule has 25 heavy (non-hydrogen) atoms. The molecule has 0 bridgehead atoms. The van der Waals surface area contributed by atoms with Gasteiger partial charge in [0.25, 0.3) is 0 Å². The lowest BCUT2D eigenvalue weighted by Gasteiger charge is -2.09. The SMILES string of the molecule is COC(=O)c1ccc(C=NNC(=S)Nc2ccc(C(C)C)cc2)cc1. The number of carbonyl (C=O) groups excluding carboxylic acids is 1. The highest BCUT2D eigenvalue weighted by molar-refractivity contribution is 7.80. The van der Waals surface area contributed by atoms with E-state index in [9.17, 15) is 4.79 Å². The number of methoxy groups -OCH3 is 1. The van der Waals surface area contributed by atoms with E-state index >= 15 is 0 Å². The average Bonchev–Trinajstić information content (AvgIpc) is 2.62. The molecule has 0 amide bonds. The topological polar surface area (TPSA) is 62.7 Å². The number of hydrogen-bond donors (Lipinski definition) is 2. The van der Waals surface area contributed by atoms with Gasteiger partial charge < -0.3 is 10.1 Å². The van der Waals surface area contributed by atoms with Crippen molar-refractivity contribution in [3.8, 4) is 0 Å². The van der Waals surface area contributed by atoms with Crippen LogP contribution in [0.5, 0.6) is 0 Å². The Balaban J connectivity index is 1.86. The summed E-state index contributed by atoms with van der Waals surface area (Å²) in [5.41, 5.74) is 6.27. The van der Waals surface area contributed by atoms with Crippen LogP contribution in [0.1, 0.15) is 41.3 Å². The Bertz CT molecular complexity index is 753. The van der Waals surface area contributed by atoms with Crippen LogP contribution in [0.15, 0.2) is 53.6 Å². The molecule has 2 aromatic rings. The van der Waals surface area contributed by atoms with Gasteiger partial charge in [-0.25, -0.2) is 4.79 Å². The number of ether oxygens (including phenoxy) is 1. The van der Waals surface area contributed by atoms with Crippen LogP contribution >= 0.6 is 12.2 Å². The van der Waals surface area contributed by atoms with Gasteiger partial charge in [-0.2, -0.15) is 5.10 Å². The van der Waals surface area contributed by atoms with Crippen molar-refractivity contribution in [2.45, 2.75) is 19.8 Å². The molecule has 0 saturated heterocycles.